The minimum absolute atomic E-state index is 1.03. The second-order valence-corrected chi connectivity index (χ2v) is 24.4. The summed E-state index contributed by atoms with van der Waals surface area (Å²) >= 11 is 0. The van der Waals surface area contributed by atoms with Gasteiger partial charge in [0.05, 0.1) is 0 Å². The number of benzene rings is 16. The molecule has 0 aromatic heterocycles. The maximum absolute atomic E-state index is 2.44. The van der Waals surface area contributed by atoms with Crippen LogP contribution in [0.5, 0.6) is 0 Å². The zero-order valence-corrected chi connectivity index (χ0v) is 54.6. The molecule has 0 N–H and O–H groups in total. The first-order chi connectivity index (χ1) is 49.2. The third kappa shape index (κ3) is 12.5. The number of rotatable bonds is 19. The Balaban J connectivity index is 1.01. The predicted octanol–water partition coefficient (Wildman–Crippen LogP) is 26.9. The first-order valence-electron chi connectivity index (χ1n) is 33.7. The Labute approximate surface area is 580 Å². The van der Waals surface area contributed by atoms with Crippen LogP contribution in [0.15, 0.2) is 419 Å². The van der Waals surface area contributed by atoms with Gasteiger partial charge in [-0.2, -0.15) is 0 Å². The topological polar surface area (TPSA) is 16.2 Å². The number of nitrogens with zero attached hydrogens (tertiary/aromatic N) is 5. The standard InChI is InChI=1S/C94H69N5/c1-11-31-74(32-12-1)95(75-33-13-2-14-34-75)84-59-51-70(52-60-84)91-89-68-67-88(99(82-47-27-9-28-48-82)83-49-29-10-30-50-83)69-90(89)92(71-53-61-85(62-54-71)96(76-35-15-3-16-36-76)77-37-17-4-18-38-77)94(73-57-65-87(66-58-73)98(80-43-23-7-24-44-80)81-45-25-8-26-46-81)93(91)72-55-63-86(64-56-72)97(78-39-19-5-20-40-78)79-41-21-6-22-42-79/h1-69H. The molecule has 470 valence electrons. The van der Waals surface area contributed by atoms with E-state index >= 15 is 0 Å². The van der Waals surface area contributed by atoms with Crippen LogP contribution < -0.4 is 24.5 Å². The molecule has 16 aromatic carbocycles. The highest BCUT2D eigenvalue weighted by Gasteiger charge is 2.28. The predicted molar refractivity (Wildman–Crippen MR) is 419 cm³/mol. The molecule has 0 amide bonds. The molecular weight excluding hydrogens is 1200 g/mol. The van der Waals surface area contributed by atoms with E-state index in [2.05, 4.69) is 443 Å². The van der Waals surface area contributed by atoms with Crippen molar-refractivity contribution in [3.63, 3.8) is 0 Å². The molecule has 99 heavy (non-hydrogen) atoms. The molecule has 0 unspecified atom stereocenters. The summed E-state index contributed by atoms with van der Waals surface area (Å²) in [4.78, 5) is 11.7. The van der Waals surface area contributed by atoms with E-state index in [1.54, 1.807) is 0 Å². The van der Waals surface area contributed by atoms with Crippen molar-refractivity contribution >= 4 is 96.1 Å². The second-order valence-electron chi connectivity index (χ2n) is 24.4. The van der Waals surface area contributed by atoms with Crippen LogP contribution in [0.3, 0.4) is 0 Å². The highest BCUT2D eigenvalue weighted by molar-refractivity contribution is 6.19. The van der Waals surface area contributed by atoms with E-state index in [1.807, 2.05) is 0 Å². The first-order valence-corrected chi connectivity index (χ1v) is 33.7. The first kappa shape index (κ1) is 60.7. The van der Waals surface area contributed by atoms with E-state index in [1.165, 1.54) is 0 Å². The third-order valence-electron chi connectivity index (χ3n) is 18.4. The van der Waals surface area contributed by atoms with Gasteiger partial charge in [-0.05, 0) is 237 Å². The van der Waals surface area contributed by atoms with Gasteiger partial charge < -0.3 is 24.5 Å². The van der Waals surface area contributed by atoms with E-state index in [0.29, 0.717) is 0 Å². The Hall–Kier alpha value is -13.2. The fourth-order valence-electron chi connectivity index (χ4n) is 13.9. The van der Waals surface area contributed by atoms with Crippen LogP contribution in [-0.2, 0) is 0 Å². The number of anilines is 15. The van der Waals surface area contributed by atoms with Gasteiger partial charge in [-0.3, -0.25) is 0 Å². The molecule has 0 spiro atoms. The largest absolute Gasteiger partial charge is 0.311 e. The molecule has 0 bridgehead atoms. The molecule has 5 nitrogen and oxygen atoms in total. The summed E-state index contributed by atoms with van der Waals surface area (Å²) in [6.07, 6.45) is 0. The summed E-state index contributed by atoms with van der Waals surface area (Å²) < 4.78 is 0. The molecule has 0 saturated heterocycles. The van der Waals surface area contributed by atoms with Crippen LogP contribution in [0, 0.1) is 0 Å². The smallest absolute Gasteiger partial charge is 0.0468 e. The summed E-state index contributed by atoms with van der Waals surface area (Å²) in [5, 5.41) is 2.21. The van der Waals surface area contributed by atoms with Gasteiger partial charge in [-0.1, -0.05) is 237 Å². The van der Waals surface area contributed by atoms with Crippen molar-refractivity contribution in [3.8, 4) is 44.5 Å². The van der Waals surface area contributed by atoms with Crippen molar-refractivity contribution in [1.29, 1.82) is 0 Å². The van der Waals surface area contributed by atoms with Gasteiger partial charge in [0, 0.05) is 85.3 Å². The number of para-hydroxylation sites is 10. The van der Waals surface area contributed by atoms with Gasteiger partial charge in [0.2, 0.25) is 0 Å². The summed E-state index contributed by atoms with van der Waals surface area (Å²) in [5.41, 5.74) is 24.6. The van der Waals surface area contributed by atoms with Gasteiger partial charge in [-0.25, -0.2) is 0 Å². The monoisotopic (exact) mass is 1270 g/mol. The van der Waals surface area contributed by atoms with E-state index in [9.17, 15) is 0 Å². The Kier molecular flexibility index (Phi) is 17.2. The van der Waals surface area contributed by atoms with Crippen molar-refractivity contribution in [2.75, 3.05) is 24.5 Å². The average Bonchev–Trinajstić information content (AvgIpc) is 0.718. The quantitative estimate of drug-likeness (QED) is 0.0800. The lowest BCUT2D eigenvalue weighted by molar-refractivity contribution is 1.28. The zero-order valence-electron chi connectivity index (χ0n) is 54.6. The van der Waals surface area contributed by atoms with Crippen molar-refractivity contribution < 1.29 is 0 Å². The number of fused-ring (bicyclic) bond motifs is 1. The van der Waals surface area contributed by atoms with Crippen molar-refractivity contribution in [1.82, 2.24) is 0 Å². The third-order valence-corrected chi connectivity index (χ3v) is 18.4. The lowest BCUT2D eigenvalue weighted by Gasteiger charge is -2.29. The van der Waals surface area contributed by atoms with Gasteiger partial charge in [0.25, 0.3) is 0 Å². The fraction of sp³-hybridized carbons (Fsp3) is 0. The lowest BCUT2D eigenvalue weighted by atomic mass is 9.78. The zero-order chi connectivity index (χ0) is 66.1. The van der Waals surface area contributed by atoms with E-state index in [4.69, 9.17) is 0 Å². The molecule has 16 rings (SSSR count). The Bertz CT molecular complexity index is 5090. The lowest BCUT2D eigenvalue weighted by Crippen LogP contribution is -2.10. The maximum atomic E-state index is 2.44. The highest BCUT2D eigenvalue weighted by Crippen LogP contribution is 2.54. The molecule has 5 heteroatoms. The Morgan fingerprint density at radius 1 is 0.111 bits per heavy atom. The molecular formula is C94H69N5. The molecule has 0 heterocycles. The van der Waals surface area contributed by atoms with Gasteiger partial charge >= 0.3 is 0 Å². The summed E-state index contributed by atoms with van der Waals surface area (Å²) in [6.45, 7) is 0. The van der Waals surface area contributed by atoms with E-state index in [0.717, 1.165) is 141 Å². The van der Waals surface area contributed by atoms with Gasteiger partial charge in [-0.15, -0.1) is 0 Å². The Morgan fingerprint density at radius 2 is 0.263 bits per heavy atom. The highest BCUT2D eigenvalue weighted by atomic mass is 15.2. The molecule has 0 atom stereocenters. The summed E-state index contributed by atoms with van der Waals surface area (Å²) in [5.74, 6) is 0. The average molecular weight is 1270 g/mol. The van der Waals surface area contributed by atoms with Crippen LogP contribution in [0.1, 0.15) is 0 Å². The molecule has 0 radical (unpaired) electrons. The molecule has 0 fully saturated rings. The van der Waals surface area contributed by atoms with E-state index in [-0.39, 0.29) is 0 Å². The van der Waals surface area contributed by atoms with Crippen molar-refractivity contribution in [2.24, 2.45) is 0 Å². The molecule has 0 aliphatic heterocycles. The van der Waals surface area contributed by atoms with Crippen molar-refractivity contribution in [3.05, 3.63) is 419 Å². The normalized spacial score (nSPS) is 11.0. The molecule has 0 saturated carbocycles. The molecule has 0 aliphatic carbocycles. The maximum Gasteiger partial charge on any atom is 0.0468 e. The van der Waals surface area contributed by atoms with Gasteiger partial charge in [0.1, 0.15) is 0 Å². The van der Waals surface area contributed by atoms with Crippen LogP contribution in [0.25, 0.3) is 55.3 Å². The SMILES string of the molecule is c1ccc(N(c2ccccc2)c2ccc(-c3c(-c4ccc(N(c5ccccc5)c5ccccc5)cc4)c(-c4ccc(N(c5ccccc5)c5ccccc5)cc4)c4cc(N(c5ccccc5)c5ccccc5)ccc4c3-c3ccc(N(c4ccccc4)c4ccccc4)cc3)cc2)cc1. The minimum atomic E-state index is 1.03. The molecule has 0 aliphatic rings. The minimum Gasteiger partial charge on any atom is -0.311 e. The second kappa shape index (κ2) is 28.0. The van der Waals surface area contributed by atoms with Crippen LogP contribution in [0.2, 0.25) is 0 Å². The summed E-state index contributed by atoms with van der Waals surface area (Å²) in [7, 11) is 0. The Morgan fingerprint density at radius 3 is 0.465 bits per heavy atom. The van der Waals surface area contributed by atoms with Crippen LogP contribution in [0.4, 0.5) is 85.3 Å². The molecule has 16 aromatic rings. The fourth-order valence-corrected chi connectivity index (χ4v) is 13.9. The van der Waals surface area contributed by atoms with Crippen LogP contribution in [-0.4, -0.2) is 0 Å². The van der Waals surface area contributed by atoms with E-state index < -0.39 is 0 Å². The van der Waals surface area contributed by atoms with Crippen LogP contribution >= 0.6 is 0 Å². The summed E-state index contributed by atoms with van der Waals surface area (Å²) in [6, 6.07) is 151. The number of hydrogen-bond acceptors (Lipinski definition) is 5. The van der Waals surface area contributed by atoms with Gasteiger partial charge in [0.15, 0.2) is 0 Å². The van der Waals surface area contributed by atoms with Crippen molar-refractivity contribution in [2.45, 2.75) is 0 Å². The number of hydrogen-bond donors (Lipinski definition) is 0.